The molecule has 5 nitrogen and oxygen atoms in total. The molecule has 0 aliphatic heterocycles. The van der Waals surface area contributed by atoms with E-state index >= 15 is 0 Å². The third kappa shape index (κ3) is 6.06. The van der Waals surface area contributed by atoms with Crippen molar-refractivity contribution in [2.45, 2.75) is 39.8 Å². The molecule has 0 aromatic carbocycles. The van der Waals surface area contributed by atoms with Gasteiger partial charge in [0.1, 0.15) is 0 Å². The molecule has 1 amide bonds. The van der Waals surface area contributed by atoms with Crippen molar-refractivity contribution in [3.8, 4) is 0 Å². The van der Waals surface area contributed by atoms with Crippen LogP contribution in [0.5, 0.6) is 0 Å². The second-order valence-corrected chi connectivity index (χ2v) is 6.60. The van der Waals surface area contributed by atoms with Crippen LogP contribution in [0.4, 0.5) is 0 Å². The number of guanidine groups is 1. The van der Waals surface area contributed by atoms with E-state index in [1.165, 1.54) is 10.4 Å². The largest absolute Gasteiger partial charge is 0.352 e. The van der Waals surface area contributed by atoms with Gasteiger partial charge in [-0.1, -0.05) is 0 Å². The molecule has 112 valence electrons. The predicted molar refractivity (Wildman–Crippen MR) is 85.2 cm³/mol. The molecule has 1 aromatic rings. The van der Waals surface area contributed by atoms with Gasteiger partial charge in [0.2, 0.25) is 5.91 Å². The van der Waals surface area contributed by atoms with Gasteiger partial charge in [-0.2, -0.15) is 0 Å². The normalized spacial score (nSPS) is 12.2. The van der Waals surface area contributed by atoms with Gasteiger partial charge in [-0.05, 0) is 44.7 Å². The number of aliphatic imine (C=N–C) groups is 1. The highest BCUT2D eigenvalue weighted by Crippen LogP contribution is 2.14. The molecular formula is C14H24N4OS. The Bertz CT molecular complexity index is 474. The van der Waals surface area contributed by atoms with Crippen molar-refractivity contribution < 1.29 is 4.79 Å². The maximum atomic E-state index is 11.7. The Labute approximate surface area is 124 Å². The molecule has 0 saturated carbocycles. The molecule has 1 heterocycles. The van der Waals surface area contributed by atoms with Crippen LogP contribution in [0.1, 0.15) is 31.2 Å². The first-order valence-corrected chi connectivity index (χ1v) is 7.48. The summed E-state index contributed by atoms with van der Waals surface area (Å²) in [6.45, 7) is 8.87. The van der Waals surface area contributed by atoms with Crippen LogP contribution in [0.3, 0.4) is 0 Å². The summed E-state index contributed by atoms with van der Waals surface area (Å²) in [7, 11) is 1.69. The highest BCUT2D eigenvalue weighted by atomic mass is 32.1. The van der Waals surface area contributed by atoms with Gasteiger partial charge in [0.25, 0.3) is 0 Å². The maximum Gasteiger partial charge on any atom is 0.239 e. The molecule has 1 rings (SSSR count). The molecule has 0 bridgehead atoms. The van der Waals surface area contributed by atoms with E-state index in [-0.39, 0.29) is 18.0 Å². The lowest BCUT2D eigenvalue weighted by molar-refractivity contribution is -0.121. The summed E-state index contributed by atoms with van der Waals surface area (Å²) in [5, 5.41) is 11.2. The van der Waals surface area contributed by atoms with Crippen LogP contribution in [0.2, 0.25) is 0 Å². The Morgan fingerprint density at radius 1 is 1.35 bits per heavy atom. The summed E-state index contributed by atoms with van der Waals surface area (Å²) in [4.78, 5) is 17.1. The third-order valence-electron chi connectivity index (χ3n) is 2.54. The summed E-state index contributed by atoms with van der Waals surface area (Å²) in [6.07, 6.45) is 0. The summed E-state index contributed by atoms with van der Waals surface area (Å²) >= 11 is 1.71. The van der Waals surface area contributed by atoms with Crippen LogP contribution in [0, 0.1) is 6.92 Å². The average molecular weight is 296 g/mol. The number of thiophene rings is 1. The number of carbonyl (C=O) groups excluding carboxylic acids is 1. The lowest BCUT2D eigenvalue weighted by Gasteiger charge is -2.21. The molecule has 0 unspecified atom stereocenters. The molecule has 6 heteroatoms. The predicted octanol–water partition coefficient (Wildman–Crippen LogP) is 1.64. The van der Waals surface area contributed by atoms with Gasteiger partial charge < -0.3 is 16.0 Å². The van der Waals surface area contributed by atoms with Gasteiger partial charge >= 0.3 is 0 Å². The standard InChI is InChI=1S/C14H24N4OS/c1-10-6-7-20-11(10)8-16-13(15-5)17-9-12(19)18-14(2,3)4/h6-7H,8-9H2,1-5H3,(H,18,19)(H2,15,16,17). The van der Waals surface area contributed by atoms with Crippen LogP contribution in [-0.4, -0.2) is 31.0 Å². The monoisotopic (exact) mass is 296 g/mol. The lowest BCUT2D eigenvalue weighted by atomic mass is 10.1. The van der Waals surface area contributed by atoms with Crippen molar-refractivity contribution in [2.24, 2.45) is 4.99 Å². The van der Waals surface area contributed by atoms with Crippen molar-refractivity contribution in [3.63, 3.8) is 0 Å². The first-order valence-electron chi connectivity index (χ1n) is 6.60. The first-order chi connectivity index (χ1) is 9.31. The van der Waals surface area contributed by atoms with E-state index in [0.29, 0.717) is 12.5 Å². The minimum absolute atomic E-state index is 0.0484. The van der Waals surface area contributed by atoms with E-state index in [0.717, 1.165) is 0 Å². The number of hydrogen-bond donors (Lipinski definition) is 3. The van der Waals surface area contributed by atoms with Crippen LogP contribution >= 0.6 is 11.3 Å². The van der Waals surface area contributed by atoms with Gasteiger partial charge in [-0.15, -0.1) is 11.3 Å². The molecule has 20 heavy (non-hydrogen) atoms. The van der Waals surface area contributed by atoms with Gasteiger partial charge in [0.05, 0.1) is 13.1 Å². The summed E-state index contributed by atoms with van der Waals surface area (Å²) in [5.74, 6) is 0.578. The fourth-order valence-electron chi connectivity index (χ4n) is 1.60. The molecule has 0 aliphatic carbocycles. The Morgan fingerprint density at radius 2 is 2.05 bits per heavy atom. The molecule has 0 saturated heterocycles. The van der Waals surface area contributed by atoms with Crippen LogP contribution < -0.4 is 16.0 Å². The zero-order valence-electron chi connectivity index (χ0n) is 12.8. The molecule has 0 fully saturated rings. The van der Waals surface area contributed by atoms with E-state index in [4.69, 9.17) is 0 Å². The molecular weight excluding hydrogens is 272 g/mol. The number of nitrogens with one attached hydrogen (secondary N) is 3. The Morgan fingerprint density at radius 3 is 2.55 bits per heavy atom. The van der Waals surface area contributed by atoms with E-state index in [1.807, 2.05) is 20.8 Å². The maximum absolute atomic E-state index is 11.7. The van der Waals surface area contributed by atoms with Gasteiger partial charge in [0, 0.05) is 17.5 Å². The van der Waals surface area contributed by atoms with Crippen molar-refractivity contribution in [1.29, 1.82) is 0 Å². The zero-order chi connectivity index (χ0) is 15.2. The fraction of sp³-hybridized carbons (Fsp3) is 0.571. The molecule has 0 atom stereocenters. The Hall–Kier alpha value is -1.56. The number of hydrogen-bond acceptors (Lipinski definition) is 3. The fourth-order valence-corrected chi connectivity index (χ4v) is 2.44. The highest BCUT2D eigenvalue weighted by molar-refractivity contribution is 7.10. The highest BCUT2D eigenvalue weighted by Gasteiger charge is 2.13. The summed E-state index contributed by atoms with van der Waals surface area (Å²) in [6, 6.07) is 2.09. The number of nitrogens with zero attached hydrogens (tertiary/aromatic N) is 1. The quantitative estimate of drug-likeness (QED) is 0.584. The van der Waals surface area contributed by atoms with E-state index in [2.05, 4.69) is 39.3 Å². The van der Waals surface area contributed by atoms with Gasteiger partial charge in [-0.3, -0.25) is 9.79 Å². The molecule has 3 N–H and O–H groups in total. The zero-order valence-corrected chi connectivity index (χ0v) is 13.6. The number of rotatable bonds is 4. The second-order valence-electron chi connectivity index (χ2n) is 5.60. The van der Waals surface area contributed by atoms with Crippen LogP contribution in [-0.2, 0) is 11.3 Å². The lowest BCUT2D eigenvalue weighted by Crippen LogP contribution is -2.48. The number of carbonyl (C=O) groups is 1. The molecule has 0 radical (unpaired) electrons. The molecule has 0 spiro atoms. The van der Waals surface area contributed by atoms with Gasteiger partial charge in [-0.25, -0.2) is 0 Å². The topological polar surface area (TPSA) is 65.5 Å². The van der Waals surface area contributed by atoms with Crippen LogP contribution in [0.15, 0.2) is 16.4 Å². The Balaban J connectivity index is 2.37. The second kappa shape index (κ2) is 7.28. The third-order valence-corrected chi connectivity index (χ3v) is 3.56. The first kappa shape index (κ1) is 16.5. The molecule has 1 aromatic heterocycles. The summed E-state index contributed by atoms with van der Waals surface area (Å²) < 4.78 is 0. The summed E-state index contributed by atoms with van der Waals surface area (Å²) in [5.41, 5.74) is 1.05. The minimum Gasteiger partial charge on any atom is -0.352 e. The van der Waals surface area contributed by atoms with E-state index in [9.17, 15) is 4.79 Å². The number of amides is 1. The smallest absolute Gasteiger partial charge is 0.239 e. The van der Waals surface area contributed by atoms with Crippen molar-refractivity contribution in [3.05, 3.63) is 21.9 Å². The number of aryl methyl sites for hydroxylation is 1. The van der Waals surface area contributed by atoms with Crippen LogP contribution in [0.25, 0.3) is 0 Å². The average Bonchev–Trinajstić information content (AvgIpc) is 2.73. The van der Waals surface area contributed by atoms with E-state index < -0.39 is 0 Å². The van der Waals surface area contributed by atoms with E-state index in [1.54, 1.807) is 18.4 Å². The van der Waals surface area contributed by atoms with Crippen molar-refractivity contribution in [2.75, 3.05) is 13.6 Å². The minimum atomic E-state index is -0.218. The molecule has 0 aliphatic rings. The van der Waals surface area contributed by atoms with Crippen molar-refractivity contribution in [1.82, 2.24) is 16.0 Å². The van der Waals surface area contributed by atoms with Gasteiger partial charge in [0.15, 0.2) is 5.96 Å². The SMILES string of the molecule is CN=C(NCC(=O)NC(C)(C)C)NCc1sccc1C. The van der Waals surface area contributed by atoms with Crippen molar-refractivity contribution >= 4 is 23.2 Å². The Kier molecular flexibility index (Phi) is 6.01.